The highest BCUT2D eigenvalue weighted by atomic mass is 79.9. The van der Waals surface area contributed by atoms with E-state index in [1.165, 1.54) is 0 Å². The molecule has 5 heteroatoms. The average molecular weight is 397 g/mol. The molecule has 3 aromatic carbocycles. The van der Waals surface area contributed by atoms with Crippen LogP contribution in [0.1, 0.15) is 10.4 Å². The molecule has 3 aromatic rings. The number of benzene rings is 3. The van der Waals surface area contributed by atoms with Crippen molar-refractivity contribution < 1.29 is 9.53 Å². The summed E-state index contributed by atoms with van der Waals surface area (Å²) in [6, 6.07) is 22.5. The van der Waals surface area contributed by atoms with E-state index < -0.39 is 0 Å². The molecule has 0 fully saturated rings. The van der Waals surface area contributed by atoms with E-state index in [-0.39, 0.29) is 5.91 Å². The van der Waals surface area contributed by atoms with Gasteiger partial charge in [-0.2, -0.15) is 0 Å². The maximum absolute atomic E-state index is 12.2. The largest absolute Gasteiger partial charge is 0.497 e. The van der Waals surface area contributed by atoms with E-state index >= 15 is 0 Å². The first-order valence-corrected chi connectivity index (χ1v) is 8.51. The molecular formula is C20H17BrN2O2. The summed E-state index contributed by atoms with van der Waals surface area (Å²) in [6.45, 7) is 0. The minimum absolute atomic E-state index is 0.156. The van der Waals surface area contributed by atoms with Gasteiger partial charge in [0.2, 0.25) is 0 Å². The number of methoxy groups -OCH3 is 1. The Morgan fingerprint density at radius 2 is 1.32 bits per heavy atom. The predicted octanol–water partition coefficient (Wildman–Crippen LogP) is 5.45. The zero-order valence-corrected chi connectivity index (χ0v) is 15.2. The molecule has 0 radical (unpaired) electrons. The molecule has 0 saturated heterocycles. The third-order valence-corrected chi connectivity index (χ3v) is 4.16. The molecule has 0 aliphatic carbocycles. The molecule has 0 unspecified atom stereocenters. The van der Waals surface area contributed by atoms with Crippen molar-refractivity contribution >= 4 is 38.9 Å². The number of carbonyl (C=O) groups is 1. The van der Waals surface area contributed by atoms with Gasteiger partial charge in [0.25, 0.3) is 5.91 Å². The SMILES string of the molecule is COc1ccc(C(=O)Nc2ccc(Nc3ccc(Br)cc3)cc2)cc1. The first-order valence-electron chi connectivity index (χ1n) is 7.72. The number of carbonyl (C=O) groups excluding carboxylic acids is 1. The lowest BCUT2D eigenvalue weighted by Gasteiger charge is -2.09. The topological polar surface area (TPSA) is 50.4 Å². The highest BCUT2D eigenvalue weighted by Gasteiger charge is 2.06. The highest BCUT2D eigenvalue weighted by molar-refractivity contribution is 9.10. The smallest absolute Gasteiger partial charge is 0.255 e. The van der Waals surface area contributed by atoms with Crippen LogP contribution in [0.2, 0.25) is 0 Å². The Morgan fingerprint density at radius 1 is 0.800 bits per heavy atom. The number of halogens is 1. The van der Waals surface area contributed by atoms with Crippen molar-refractivity contribution in [2.45, 2.75) is 0 Å². The normalized spacial score (nSPS) is 10.2. The van der Waals surface area contributed by atoms with Gasteiger partial charge >= 0.3 is 0 Å². The summed E-state index contributed by atoms with van der Waals surface area (Å²) in [6.07, 6.45) is 0. The number of rotatable bonds is 5. The quantitative estimate of drug-likeness (QED) is 0.602. The van der Waals surface area contributed by atoms with Gasteiger partial charge in [0, 0.05) is 27.1 Å². The molecule has 0 heterocycles. The molecule has 0 aromatic heterocycles. The number of amides is 1. The summed E-state index contributed by atoms with van der Waals surface area (Å²) >= 11 is 3.42. The van der Waals surface area contributed by atoms with E-state index in [2.05, 4.69) is 26.6 Å². The molecule has 0 saturated carbocycles. The highest BCUT2D eigenvalue weighted by Crippen LogP contribution is 2.21. The zero-order valence-electron chi connectivity index (χ0n) is 13.6. The van der Waals surface area contributed by atoms with Gasteiger partial charge in [-0.3, -0.25) is 4.79 Å². The van der Waals surface area contributed by atoms with Gasteiger partial charge in [0.15, 0.2) is 0 Å². The van der Waals surface area contributed by atoms with Crippen LogP contribution in [-0.4, -0.2) is 13.0 Å². The third kappa shape index (κ3) is 4.61. The van der Waals surface area contributed by atoms with Crippen molar-refractivity contribution in [3.63, 3.8) is 0 Å². The number of nitrogens with one attached hydrogen (secondary N) is 2. The maximum Gasteiger partial charge on any atom is 0.255 e. The van der Waals surface area contributed by atoms with Gasteiger partial charge in [0.05, 0.1) is 7.11 Å². The van der Waals surface area contributed by atoms with Crippen LogP contribution in [0.3, 0.4) is 0 Å². The van der Waals surface area contributed by atoms with Crippen LogP contribution in [-0.2, 0) is 0 Å². The maximum atomic E-state index is 12.2. The second-order valence-electron chi connectivity index (χ2n) is 5.39. The Bertz CT molecular complexity index is 844. The lowest BCUT2D eigenvalue weighted by molar-refractivity contribution is 0.102. The molecule has 1 amide bonds. The summed E-state index contributed by atoms with van der Waals surface area (Å²) < 4.78 is 6.13. The summed E-state index contributed by atoms with van der Waals surface area (Å²) in [5.74, 6) is 0.566. The minimum atomic E-state index is -0.156. The van der Waals surface area contributed by atoms with Crippen LogP contribution >= 0.6 is 15.9 Å². The van der Waals surface area contributed by atoms with E-state index in [4.69, 9.17) is 4.74 Å². The van der Waals surface area contributed by atoms with Crippen molar-refractivity contribution in [2.75, 3.05) is 17.7 Å². The summed E-state index contributed by atoms with van der Waals surface area (Å²) in [4.78, 5) is 12.2. The van der Waals surface area contributed by atoms with Crippen LogP contribution in [0.4, 0.5) is 17.1 Å². The van der Waals surface area contributed by atoms with Gasteiger partial charge < -0.3 is 15.4 Å². The van der Waals surface area contributed by atoms with E-state index in [0.29, 0.717) is 5.56 Å². The number of hydrogen-bond acceptors (Lipinski definition) is 3. The molecular weight excluding hydrogens is 380 g/mol. The Kier molecular flexibility index (Phi) is 5.36. The summed E-state index contributed by atoms with van der Waals surface area (Å²) in [5, 5.41) is 6.19. The first-order chi connectivity index (χ1) is 12.1. The Balaban J connectivity index is 1.63. The molecule has 0 bridgehead atoms. The van der Waals surface area contributed by atoms with Gasteiger partial charge in [-0.1, -0.05) is 15.9 Å². The first kappa shape index (κ1) is 17.0. The number of hydrogen-bond donors (Lipinski definition) is 2. The lowest BCUT2D eigenvalue weighted by atomic mass is 10.2. The Morgan fingerprint density at radius 3 is 1.88 bits per heavy atom. The van der Waals surface area contributed by atoms with Gasteiger partial charge in [0.1, 0.15) is 5.75 Å². The molecule has 0 atom stereocenters. The molecule has 0 spiro atoms. The van der Waals surface area contributed by atoms with E-state index in [0.717, 1.165) is 27.3 Å². The summed E-state index contributed by atoms with van der Waals surface area (Å²) in [7, 11) is 1.60. The molecule has 0 aliphatic heterocycles. The monoisotopic (exact) mass is 396 g/mol. The van der Waals surface area contributed by atoms with Crippen molar-refractivity contribution in [3.05, 3.63) is 82.8 Å². The molecule has 2 N–H and O–H groups in total. The van der Waals surface area contributed by atoms with Crippen LogP contribution < -0.4 is 15.4 Å². The molecule has 25 heavy (non-hydrogen) atoms. The second-order valence-corrected chi connectivity index (χ2v) is 6.31. The van der Waals surface area contributed by atoms with Crippen LogP contribution in [0.25, 0.3) is 0 Å². The van der Waals surface area contributed by atoms with Gasteiger partial charge in [-0.15, -0.1) is 0 Å². The molecule has 3 rings (SSSR count). The standard InChI is InChI=1S/C20H17BrN2O2/c1-25-19-12-2-14(3-13-19)20(24)23-18-10-8-17(9-11-18)22-16-6-4-15(21)5-7-16/h2-13,22H,1H3,(H,23,24). The minimum Gasteiger partial charge on any atom is -0.497 e. The van der Waals surface area contributed by atoms with Gasteiger partial charge in [-0.05, 0) is 72.8 Å². The molecule has 0 aliphatic rings. The fraction of sp³-hybridized carbons (Fsp3) is 0.0500. The van der Waals surface area contributed by atoms with Crippen LogP contribution in [0, 0.1) is 0 Å². The third-order valence-electron chi connectivity index (χ3n) is 3.63. The van der Waals surface area contributed by atoms with Crippen molar-refractivity contribution in [2.24, 2.45) is 0 Å². The zero-order chi connectivity index (χ0) is 17.6. The Hall–Kier alpha value is -2.79. The second kappa shape index (κ2) is 7.85. The van der Waals surface area contributed by atoms with E-state index in [1.807, 2.05) is 48.5 Å². The van der Waals surface area contributed by atoms with Crippen molar-refractivity contribution in [1.82, 2.24) is 0 Å². The predicted molar refractivity (Wildman–Crippen MR) is 105 cm³/mol. The van der Waals surface area contributed by atoms with E-state index in [9.17, 15) is 4.79 Å². The summed E-state index contributed by atoms with van der Waals surface area (Å²) in [5.41, 5.74) is 3.27. The fourth-order valence-corrected chi connectivity index (χ4v) is 2.55. The van der Waals surface area contributed by atoms with Crippen LogP contribution in [0.15, 0.2) is 77.3 Å². The fourth-order valence-electron chi connectivity index (χ4n) is 2.28. The van der Waals surface area contributed by atoms with Crippen molar-refractivity contribution in [1.29, 1.82) is 0 Å². The number of anilines is 3. The van der Waals surface area contributed by atoms with Crippen LogP contribution in [0.5, 0.6) is 5.75 Å². The van der Waals surface area contributed by atoms with Crippen molar-refractivity contribution in [3.8, 4) is 5.75 Å². The Labute approximate surface area is 155 Å². The number of ether oxygens (including phenoxy) is 1. The van der Waals surface area contributed by atoms with E-state index in [1.54, 1.807) is 31.4 Å². The molecule has 126 valence electrons. The molecule has 4 nitrogen and oxygen atoms in total. The van der Waals surface area contributed by atoms with Gasteiger partial charge in [-0.25, -0.2) is 0 Å². The average Bonchev–Trinajstić information content (AvgIpc) is 2.65. The lowest BCUT2D eigenvalue weighted by Crippen LogP contribution is -2.11.